The zero-order chi connectivity index (χ0) is 16.2. The van der Waals surface area contributed by atoms with E-state index in [2.05, 4.69) is 58.8 Å². The summed E-state index contributed by atoms with van der Waals surface area (Å²) in [4.78, 5) is 8.82. The van der Waals surface area contributed by atoms with E-state index in [9.17, 15) is 0 Å². The second-order valence-electron chi connectivity index (χ2n) is 5.44. The average molecular weight is 322 g/mol. The number of hydrazone groups is 1. The number of nitrogens with one attached hydrogen (secondary N) is 1. The van der Waals surface area contributed by atoms with Crippen LogP contribution in [-0.2, 0) is 0 Å². The monoisotopic (exact) mass is 322 g/mol. The Balaban J connectivity index is 1.78. The van der Waals surface area contributed by atoms with Crippen LogP contribution in [0, 0.1) is 20.8 Å². The third kappa shape index (κ3) is 3.63. The first-order valence-corrected chi connectivity index (χ1v) is 8.25. The maximum Gasteiger partial charge on any atom is 0.203 e. The van der Waals surface area contributed by atoms with Gasteiger partial charge in [0.15, 0.2) is 0 Å². The van der Waals surface area contributed by atoms with Crippen LogP contribution in [0.5, 0.6) is 0 Å². The van der Waals surface area contributed by atoms with Gasteiger partial charge in [-0.25, -0.2) is 4.98 Å². The Morgan fingerprint density at radius 1 is 1.13 bits per heavy atom. The number of hydrogen-bond donors (Lipinski definition) is 1. The zero-order valence-corrected chi connectivity index (χ0v) is 14.2. The molecule has 0 amide bonds. The van der Waals surface area contributed by atoms with Crippen molar-refractivity contribution >= 4 is 22.7 Å². The van der Waals surface area contributed by atoms with Gasteiger partial charge in [0.25, 0.3) is 0 Å². The van der Waals surface area contributed by atoms with E-state index < -0.39 is 0 Å². The molecule has 0 unspecified atom stereocenters. The highest BCUT2D eigenvalue weighted by molar-refractivity contribution is 7.14. The fourth-order valence-electron chi connectivity index (χ4n) is 2.63. The van der Waals surface area contributed by atoms with Gasteiger partial charge in [-0.2, -0.15) is 5.10 Å². The quantitative estimate of drug-likeness (QED) is 0.565. The molecule has 2 aromatic heterocycles. The van der Waals surface area contributed by atoms with Crippen LogP contribution in [0.3, 0.4) is 0 Å². The number of aryl methyl sites for hydroxylation is 3. The van der Waals surface area contributed by atoms with Crippen molar-refractivity contribution in [1.29, 1.82) is 0 Å². The van der Waals surface area contributed by atoms with Crippen molar-refractivity contribution in [3.05, 3.63) is 64.3 Å². The zero-order valence-electron chi connectivity index (χ0n) is 13.4. The highest BCUT2D eigenvalue weighted by Crippen LogP contribution is 2.30. The van der Waals surface area contributed by atoms with Crippen molar-refractivity contribution in [2.45, 2.75) is 20.8 Å². The largest absolute Gasteiger partial charge is 0.255 e. The number of anilines is 1. The SMILES string of the molecule is Cc1cc(C)c(-c2csc(N/N=C\c3ccccn3)n2)c(C)c1. The number of pyridine rings is 1. The Morgan fingerprint density at radius 2 is 1.91 bits per heavy atom. The minimum Gasteiger partial charge on any atom is -0.255 e. The number of hydrogen-bond acceptors (Lipinski definition) is 5. The summed E-state index contributed by atoms with van der Waals surface area (Å²) in [5.74, 6) is 0. The Labute approximate surface area is 140 Å². The van der Waals surface area contributed by atoms with Gasteiger partial charge in [0.05, 0.1) is 17.6 Å². The number of rotatable bonds is 4. The summed E-state index contributed by atoms with van der Waals surface area (Å²) >= 11 is 1.54. The topological polar surface area (TPSA) is 50.2 Å². The van der Waals surface area contributed by atoms with Crippen molar-refractivity contribution in [3.8, 4) is 11.3 Å². The van der Waals surface area contributed by atoms with Crippen LogP contribution < -0.4 is 5.43 Å². The standard InChI is InChI=1S/C18H18N4S/c1-12-8-13(2)17(14(3)9-12)16-11-23-18(21-16)22-20-10-15-6-4-5-7-19-15/h4-11H,1-3H3,(H,21,22)/b20-10-. The van der Waals surface area contributed by atoms with Crippen molar-refractivity contribution in [1.82, 2.24) is 9.97 Å². The third-order valence-electron chi connectivity index (χ3n) is 3.48. The average Bonchev–Trinajstić information content (AvgIpc) is 2.96. The van der Waals surface area contributed by atoms with Gasteiger partial charge in [0.2, 0.25) is 5.13 Å². The molecule has 0 aliphatic carbocycles. The molecule has 3 rings (SSSR count). The summed E-state index contributed by atoms with van der Waals surface area (Å²) in [6, 6.07) is 10.1. The van der Waals surface area contributed by atoms with E-state index in [1.165, 1.54) is 22.3 Å². The predicted octanol–water partition coefficient (Wildman–Crippen LogP) is 4.58. The van der Waals surface area contributed by atoms with Crippen molar-refractivity contribution in [2.24, 2.45) is 5.10 Å². The first-order chi connectivity index (χ1) is 11.1. The van der Waals surface area contributed by atoms with Crippen LogP contribution >= 0.6 is 11.3 Å². The van der Waals surface area contributed by atoms with Crippen molar-refractivity contribution in [2.75, 3.05) is 5.43 Å². The third-order valence-corrected chi connectivity index (χ3v) is 4.23. The molecular weight excluding hydrogens is 304 g/mol. The van der Waals surface area contributed by atoms with Gasteiger partial charge in [0, 0.05) is 17.1 Å². The number of aromatic nitrogens is 2. The van der Waals surface area contributed by atoms with Crippen molar-refractivity contribution < 1.29 is 0 Å². The van der Waals surface area contributed by atoms with E-state index in [4.69, 9.17) is 0 Å². The summed E-state index contributed by atoms with van der Waals surface area (Å²) in [7, 11) is 0. The second-order valence-corrected chi connectivity index (χ2v) is 6.29. The van der Waals surface area contributed by atoms with Gasteiger partial charge in [-0.15, -0.1) is 11.3 Å². The van der Waals surface area contributed by atoms with Crippen LogP contribution in [0.1, 0.15) is 22.4 Å². The maximum atomic E-state index is 4.64. The Bertz CT molecular complexity index is 814. The second kappa shape index (κ2) is 6.71. The summed E-state index contributed by atoms with van der Waals surface area (Å²) in [5, 5.41) is 7.02. The number of nitrogens with zero attached hydrogens (tertiary/aromatic N) is 3. The molecule has 0 saturated carbocycles. The molecule has 3 aromatic rings. The lowest BCUT2D eigenvalue weighted by Crippen LogP contribution is -1.93. The smallest absolute Gasteiger partial charge is 0.203 e. The Hall–Kier alpha value is -2.53. The fraction of sp³-hybridized carbons (Fsp3) is 0.167. The molecule has 5 heteroatoms. The first-order valence-electron chi connectivity index (χ1n) is 7.37. The molecule has 1 N–H and O–H groups in total. The van der Waals surface area contributed by atoms with Crippen LogP contribution in [0.2, 0.25) is 0 Å². The molecule has 0 aliphatic rings. The van der Waals surface area contributed by atoms with Crippen LogP contribution in [-0.4, -0.2) is 16.2 Å². The van der Waals surface area contributed by atoms with E-state index in [-0.39, 0.29) is 0 Å². The molecule has 116 valence electrons. The molecule has 2 heterocycles. The van der Waals surface area contributed by atoms with Gasteiger partial charge in [-0.05, 0) is 44.0 Å². The molecule has 4 nitrogen and oxygen atoms in total. The lowest BCUT2D eigenvalue weighted by Gasteiger charge is -2.08. The summed E-state index contributed by atoms with van der Waals surface area (Å²) in [6.45, 7) is 6.37. The van der Waals surface area contributed by atoms with Gasteiger partial charge >= 0.3 is 0 Å². The minimum absolute atomic E-state index is 0.770. The lowest BCUT2D eigenvalue weighted by molar-refractivity contribution is 1.25. The molecule has 0 aliphatic heterocycles. The summed E-state index contributed by atoms with van der Waals surface area (Å²) in [6.07, 6.45) is 3.43. The normalized spacial score (nSPS) is 11.1. The Morgan fingerprint density at radius 3 is 2.61 bits per heavy atom. The Kier molecular flexibility index (Phi) is 4.48. The fourth-order valence-corrected chi connectivity index (χ4v) is 3.28. The maximum absolute atomic E-state index is 4.64. The molecule has 0 spiro atoms. The van der Waals surface area contributed by atoms with E-state index in [1.54, 1.807) is 23.7 Å². The van der Waals surface area contributed by atoms with Gasteiger partial charge < -0.3 is 0 Å². The predicted molar refractivity (Wildman–Crippen MR) is 97.2 cm³/mol. The first kappa shape index (κ1) is 15.4. The van der Waals surface area contributed by atoms with Gasteiger partial charge in [0.1, 0.15) is 0 Å². The number of thiazole rings is 1. The number of benzene rings is 1. The highest BCUT2D eigenvalue weighted by atomic mass is 32.1. The minimum atomic E-state index is 0.770. The molecule has 23 heavy (non-hydrogen) atoms. The van der Waals surface area contributed by atoms with E-state index in [1.807, 2.05) is 18.2 Å². The molecule has 0 saturated heterocycles. The highest BCUT2D eigenvalue weighted by Gasteiger charge is 2.10. The molecule has 0 fully saturated rings. The van der Waals surface area contributed by atoms with Crippen LogP contribution in [0.25, 0.3) is 11.3 Å². The van der Waals surface area contributed by atoms with Gasteiger partial charge in [-0.3, -0.25) is 10.4 Å². The molecule has 0 atom stereocenters. The van der Waals surface area contributed by atoms with Gasteiger partial charge in [-0.1, -0.05) is 23.8 Å². The van der Waals surface area contributed by atoms with Crippen LogP contribution in [0.4, 0.5) is 5.13 Å². The molecule has 1 aromatic carbocycles. The van der Waals surface area contributed by atoms with E-state index in [0.717, 1.165) is 16.5 Å². The molecular formula is C18H18N4S. The molecule has 0 bridgehead atoms. The van der Waals surface area contributed by atoms with E-state index in [0.29, 0.717) is 0 Å². The lowest BCUT2D eigenvalue weighted by atomic mass is 9.98. The van der Waals surface area contributed by atoms with E-state index >= 15 is 0 Å². The summed E-state index contributed by atoms with van der Waals surface area (Å²) in [5.41, 5.74) is 9.74. The van der Waals surface area contributed by atoms with Crippen LogP contribution in [0.15, 0.2) is 47.0 Å². The summed E-state index contributed by atoms with van der Waals surface area (Å²) < 4.78 is 0. The van der Waals surface area contributed by atoms with Crippen molar-refractivity contribution in [3.63, 3.8) is 0 Å². The molecule has 0 radical (unpaired) electrons.